The third kappa shape index (κ3) is 3.38. The summed E-state index contributed by atoms with van der Waals surface area (Å²) in [7, 11) is 3.29. The van der Waals surface area contributed by atoms with Crippen LogP contribution in [0.15, 0.2) is 53.5 Å². The zero-order valence-electron chi connectivity index (χ0n) is 13.9. The van der Waals surface area contributed by atoms with E-state index in [0.717, 1.165) is 17.4 Å². The highest BCUT2D eigenvalue weighted by molar-refractivity contribution is 5.97. The number of carbonyl (C=O) groups is 1. The smallest absolute Gasteiger partial charge is 0.257 e. The molecule has 1 aromatic heterocycles. The van der Waals surface area contributed by atoms with Crippen molar-refractivity contribution in [1.82, 2.24) is 9.88 Å². The number of hydrogen-bond donors (Lipinski definition) is 1. The fourth-order valence-electron chi connectivity index (χ4n) is 2.65. The van der Waals surface area contributed by atoms with Gasteiger partial charge in [-0.05, 0) is 35.9 Å². The predicted octanol–water partition coefficient (Wildman–Crippen LogP) is 2.62. The van der Waals surface area contributed by atoms with E-state index in [4.69, 9.17) is 4.74 Å². The second-order valence-corrected chi connectivity index (χ2v) is 5.68. The zero-order chi connectivity index (χ0) is 18.0. The molecule has 3 aromatic rings. The summed E-state index contributed by atoms with van der Waals surface area (Å²) in [6, 6.07) is 11.2. The van der Waals surface area contributed by atoms with Gasteiger partial charge >= 0.3 is 0 Å². The number of hydrogen-bond acceptors (Lipinski definition) is 3. The SMILES string of the molecule is COc1ccc(CNC(=O)c2cn(C)c3ccc(F)cc3c2=O)cc1. The average Bonchev–Trinajstić information content (AvgIpc) is 2.63. The number of halogens is 1. The van der Waals surface area contributed by atoms with E-state index in [1.165, 1.54) is 18.3 Å². The lowest BCUT2D eigenvalue weighted by atomic mass is 10.1. The molecule has 0 aliphatic rings. The molecule has 0 bridgehead atoms. The Morgan fingerprint density at radius 1 is 1.20 bits per heavy atom. The first-order chi connectivity index (χ1) is 12.0. The molecule has 0 spiro atoms. The van der Waals surface area contributed by atoms with Crippen LogP contribution in [0.5, 0.6) is 5.75 Å². The second kappa shape index (κ2) is 6.76. The number of nitrogens with zero attached hydrogens (tertiary/aromatic N) is 1. The standard InChI is InChI=1S/C19H17FN2O3/c1-22-11-16(18(23)15-9-13(20)5-8-17(15)22)19(24)21-10-12-3-6-14(25-2)7-4-12/h3-9,11H,10H2,1-2H3,(H,21,24). The largest absolute Gasteiger partial charge is 0.497 e. The highest BCUT2D eigenvalue weighted by Gasteiger charge is 2.14. The van der Waals surface area contributed by atoms with Gasteiger partial charge in [0.2, 0.25) is 5.43 Å². The first-order valence-electron chi connectivity index (χ1n) is 7.69. The topological polar surface area (TPSA) is 60.3 Å². The minimum absolute atomic E-state index is 0.0193. The van der Waals surface area contributed by atoms with Gasteiger partial charge in [0.15, 0.2) is 0 Å². The summed E-state index contributed by atoms with van der Waals surface area (Å²) in [4.78, 5) is 24.9. The number of fused-ring (bicyclic) bond motifs is 1. The molecule has 1 amide bonds. The molecule has 0 saturated heterocycles. The Hall–Kier alpha value is -3.15. The predicted molar refractivity (Wildman–Crippen MR) is 93.3 cm³/mol. The van der Waals surface area contributed by atoms with Crippen molar-refractivity contribution in [1.29, 1.82) is 0 Å². The lowest BCUT2D eigenvalue weighted by Crippen LogP contribution is -2.29. The van der Waals surface area contributed by atoms with Crippen LogP contribution < -0.4 is 15.5 Å². The van der Waals surface area contributed by atoms with Gasteiger partial charge < -0.3 is 14.6 Å². The van der Waals surface area contributed by atoms with Gasteiger partial charge in [-0.15, -0.1) is 0 Å². The molecule has 0 atom stereocenters. The van der Waals surface area contributed by atoms with E-state index in [9.17, 15) is 14.0 Å². The molecule has 128 valence electrons. The van der Waals surface area contributed by atoms with E-state index in [0.29, 0.717) is 5.52 Å². The summed E-state index contributed by atoms with van der Waals surface area (Å²) in [5.41, 5.74) is 0.935. The van der Waals surface area contributed by atoms with Crippen LogP contribution in [0.3, 0.4) is 0 Å². The van der Waals surface area contributed by atoms with Crippen LogP contribution >= 0.6 is 0 Å². The molecule has 0 saturated carbocycles. The molecule has 2 aromatic carbocycles. The van der Waals surface area contributed by atoms with Crippen LogP contribution in [0.25, 0.3) is 10.9 Å². The molecule has 6 heteroatoms. The van der Waals surface area contributed by atoms with Crippen molar-refractivity contribution >= 4 is 16.8 Å². The minimum atomic E-state index is -0.514. The highest BCUT2D eigenvalue weighted by Crippen LogP contribution is 2.13. The van der Waals surface area contributed by atoms with Gasteiger partial charge in [-0.25, -0.2) is 4.39 Å². The molecule has 1 N–H and O–H groups in total. The Labute approximate surface area is 143 Å². The Morgan fingerprint density at radius 3 is 2.60 bits per heavy atom. The average molecular weight is 340 g/mol. The highest BCUT2D eigenvalue weighted by atomic mass is 19.1. The van der Waals surface area contributed by atoms with Crippen LogP contribution in [0.1, 0.15) is 15.9 Å². The van der Waals surface area contributed by atoms with Crippen molar-refractivity contribution in [3.05, 3.63) is 75.8 Å². The van der Waals surface area contributed by atoms with Crippen molar-refractivity contribution in [2.75, 3.05) is 7.11 Å². The summed E-state index contributed by atoms with van der Waals surface area (Å²) in [5.74, 6) is -0.288. The molecule has 0 aliphatic carbocycles. The van der Waals surface area contributed by atoms with Crippen molar-refractivity contribution in [3.8, 4) is 5.75 Å². The maximum absolute atomic E-state index is 13.5. The van der Waals surface area contributed by atoms with E-state index in [2.05, 4.69) is 5.32 Å². The Kier molecular flexibility index (Phi) is 4.52. The van der Waals surface area contributed by atoms with E-state index < -0.39 is 17.2 Å². The third-order valence-corrected chi connectivity index (χ3v) is 4.01. The summed E-state index contributed by atoms with van der Waals surface area (Å²) >= 11 is 0. The zero-order valence-corrected chi connectivity index (χ0v) is 13.9. The van der Waals surface area contributed by atoms with E-state index in [1.54, 1.807) is 30.9 Å². The second-order valence-electron chi connectivity index (χ2n) is 5.68. The van der Waals surface area contributed by atoms with E-state index in [-0.39, 0.29) is 17.5 Å². The van der Waals surface area contributed by atoms with Crippen molar-refractivity contribution in [3.63, 3.8) is 0 Å². The lowest BCUT2D eigenvalue weighted by Gasteiger charge is -2.10. The number of pyridine rings is 1. The fourth-order valence-corrected chi connectivity index (χ4v) is 2.65. The Balaban J connectivity index is 1.86. The first-order valence-corrected chi connectivity index (χ1v) is 7.69. The number of carbonyl (C=O) groups excluding carboxylic acids is 1. The number of aryl methyl sites for hydroxylation is 1. The quantitative estimate of drug-likeness (QED) is 0.794. The molecule has 5 nitrogen and oxygen atoms in total. The Morgan fingerprint density at radius 2 is 1.92 bits per heavy atom. The van der Waals surface area contributed by atoms with Gasteiger partial charge in [0, 0.05) is 25.2 Å². The van der Waals surface area contributed by atoms with Crippen LogP contribution in [0, 0.1) is 5.82 Å². The van der Waals surface area contributed by atoms with Crippen molar-refractivity contribution in [2.24, 2.45) is 7.05 Å². The third-order valence-electron chi connectivity index (χ3n) is 4.01. The summed E-state index contributed by atoms with van der Waals surface area (Å²) in [5, 5.41) is 2.89. The molecule has 0 fully saturated rings. The van der Waals surface area contributed by atoms with Crippen LogP contribution in [-0.4, -0.2) is 17.6 Å². The maximum atomic E-state index is 13.5. The number of benzene rings is 2. The maximum Gasteiger partial charge on any atom is 0.257 e. The number of rotatable bonds is 4. The van der Waals surface area contributed by atoms with E-state index >= 15 is 0 Å². The molecule has 0 aliphatic heterocycles. The molecular weight excluding hydrogens is 323 g/mol. The monoisotopic (exact) mass is 340 g/mol. The molecular formula is C19H17FN2O3. The van der Waals surface area contributed by atoms with Gasteiger partial charge in [-0.1, -0.05) is 12.1 Å². The van der Waals surface area contributed by atoms with Crippen LogP contribution in [-0.2, 0) is 13.6 Å². The lowest BCUT2D eigenvalue weighted by molar-refractivity contribution is 0.0949. The molecule has 3 rings (SSSR count). The number of ether oxygens (including phenoxy) is 1. The number of aromatic nitrogens is 1. The van der Waals surface area contributed by atoms with Crippen molar-refractivity contribution < 1.29 is 13.9 Å². The van der Waals surface area contributed by atoms with Gasteiger partial charge in [0.05, 0.1) is 12.6 Å². The summed E-state index contributed by atoms with van der Waals surface area (Å²) < 4.78 is 20.2. The molecule has 0 radical (unpaired) electrons. The number of amides is 1. The summed E-state index contributed by atoms with van der Waals surface area (Å²) in [6.07, 6.45) is 1.46. The first kappa shape index (κ1) is 16.7. The van der Waals surface area contributed by atoms with Crippen molar-refractivity contribution in [2.45, 2.75) is 6.54 Å². The van der Waals surface area contributed by atoms with Gasteiger partial charge in [-0.2, -0.15) is 0 Å². The summed E-state index contributed by atoms with van der Waals surface area (Å²) in [6.45, 7) is 0.271. The van der Waals surface area contributed by atoms with Crippen LogP contribution in [0.4, 0.5) is 4.39 Å². The molecule has 25 heavy (non-hydrogen) atoms. The molecule has 0 unspecified atom stereocenters. The van der Waals surface area contributed by atoms with Gasteiger partial charge in [0.25, 0.3) is 5.91 Å². The normalized spacial score (nSPS) is 10.7. The van der Waals surface area contributed by atoms with E-state index in [1.807, 2.05) is 12.1 Å². The fraction of sp³-hybridized carbons (Fsp3) is 0.158. The van der Waals surface area contributed by atoms with Crippen LogP contribution in [0.2, 0.25) is 0 Å². The molecule has 1 heterocycles. The number of nitrogens with one attached hydrogen (secondary N) is 1. The number of methoxy groups -OCH3 is 1. The minimum Gasteiger partial charge on any atom is -0.497 e. The van der Waals surface area contributed by atoms with Gasteiger partial charge in [0.1, 0.15) is 17.1 Å². The Bertz CT molecular complexity index is 994. The van der Waals surface area contributed by atoms with Gasteiger partial charge in [-0.3, -0.25) is 9.59 Å².